The van der Waals surface area contributed by atoms with Crippen LogP contribution in [0.3, 0.4) is 0 Å². The first kappa shape index (κ1) is 14.1. The minimum atomic E-state index is -0.457. The van der Waals surface area contributed by atoms with Crippen molar-refractivity contribution in [1.82, 2.24) is 0 Å². The van der Waals surface area contributed by atoms with Gasteiger partial charge in [-0.1, -0.05) is 13.0 Å². The molecule has 0 radical (unpaired) electrons. The van der Waals surface area contributed by atoms with Crippen molar-refractivity contribution < 1.29 is 19.7 Å². The molecule has 1 heterocycles. The van der Waals surface area contributed by atoms with Crippen molar-refractivity contribution in [3.63, 3.8) is 0 Å². The first-order valence-corrected chi connectivity index (χ1v) is 7.44. The van der Waals surface area contributed by atoms with Crippen molar-refractivity contribution in [2.45, 2.75) is 32.6 Å². The van der Waals surface area contributed by atoms with Crippen molar-refractivity contribution in [3.05, 3.63) is 35.1 Å². The highest BCUT2D eigenvalue weighted by molar-refractivity contribution is 6.24. The van der Waals surface area contributed by atoms with Gasteiger partial charge in [-0.05, 0) is 42.5 Å². The molecule has 1 aromatic carbocycles. The first-order chi connectivity index (χ1) is 10.1. The Morgan fingerprint density at radius 3 is 2.62 bits per heavy atom. The second-order valence-electron chi connectivity index (χ2n) is 5.91. The number of ether oxygens (including phenoxy) is 1. The van der Waals surface area contributed by atoms with Crippen LogP contribution in [-0.2, 0) is 16.0 Å². The third kappa shape index (κ3) is 2.23. The van der Waals surface area contributed by atoms with E-state index >= 15 is 0 Å². The number of carbonyl (C=O) groups excluding carboxylic acids is 1. The van der Waals surface area contributed by atoms with E-state index < -0.39 is 5.41 Å². The third-order valence-electron chi connectivity index (χ3n) is 4.71. The molecule has 1 saturated heterocycles. The number of Topliss-reactive ketones (excluding diaryl/α,β-unsaturated/α-hetero) is 1. The van der Waals surface area contributed by atoms with Crippen LogP contribution in [0.15, 0.2) is 24.0 Å². The summed E-state index contributed by atoms with van der Waals surface area (Å²) in [7, 11) is 0. The molecule has 1 aliphatic carbocycles. The number of benzene rings is 1. The number of aromatic hydroxyl groups is 1. The molecular weight excluding hydrogens is 268 g/mol. The number of phenolic OH excluding ortho intramolecular Hbond substituents is 1. The molecule has 4 nitrogen and oxygen atoms in total. The maximum atomic E-state index is 12.5. The van der Waals surface area contributed by atoms with Crippen LogP contribution in [0.1, 0.15) is 37.3 Å². The van der Waals surface area contributed by atoms with E-state index in [0.717, 1.165) is 12.0 Å². The van der Waals surface area contributed by atoms with Gasteiger partial charge in [0, 0.05) is 25.0 Å². The second kappa shape index (κ2) is 5.19. The zero-order valence-corrected chi connectivity index (χ0v) is 12.2. The number of carbonyl (C=O) groups is 1. The molecule has 3 rings (SSSR count). The standard InChI is InChI=1S/C17H20O4/c1-2-11-3-4-12(18)9-13(11)15-14(19)10-17(16(15)20)5-7-21-8-6-17/h3-4,9,18,20H,2,5-8,10H2,1H3. The Morgan fingerprint density at radius 2 is 1.95 bits per heavy atom. The molecule has 112 valence electrons. The molecule has 0 atom stereocenters. The number of hydrogen-bond acceptors (Lipinski definition) is 4. The van der Waals surface area contributed by atoms with Crippen molar-refractivity contribution in [2.75, 3.05) is 13.2 Å². The first-order valence-electron chi connectivity index (χ1n) is 7.44. The van der Waals surface area contributed by atoms with Gasteiger partial charge in [-0.3, -0.25) is 4.79 Å². The van der Waals surface area contributed by atoms with E-state index in [1.807, 2.05) is 13.0 Å². The van der Waals surface area contributed by atoms with Crippen molar-refractivity contribution in [1.29, 1.82) is 0 Å². The predicted octanol–water partition coefficient (Wildman–Crippen LogP) is 2.99. The molecule has 2 N–H and O–H groups in total. The Hall–Kier alpha value is -1.81. The molecule has 1 spiro atoms. The van der Waals surface area contributed by atoms with Crippen LogP contribution in [0.5, 0.6) is 5.75 Å². The van der Waals surface area contributed by atoms with E-state index in [2.05, 4.69) is 0 Å². The number of hydrogen-bond donors (Lipinski definition) is 2. The summed E-state index contributed by atoms with van der Waals surface area (Å²) >= 11 is 0. The van der Waals surface area contributed by atoms with Gasteiger partial charge < -0.3 is 14.9 Å². The van der Waals surface area contributed by atoms with Crippen LogP contribution in [-0.4, -0.2) is 29.2 Å². The zero-order chi connectivity index (χ0) is 15.0. The Balaban J connectivity index is 2.12. The van der Waals surface area contributed by atoms with E-state index in [1.54, 1.807) is 12.1 Å². The number of aryl methyl sites for hydroxylation is 1. The Morgan fingerprint density at radius 1 is 1.24 bits per heavy atom. The summed E-state index contributed by atoms with van der Waals surface area (Å²) < 4.78 is 5.36. The van der Waals surface area contributed by atoms with Gasteiger partial charge in [0.05, 0.1) is 5.57 Å². The van der Waals surface area contributed by atoms with Crippen molar-refractivity contribution in [3.8, 4) is 5.75 Å². The van der Waals surface area contributed by atoms with Gasteiger partial charge in [-0.2, -0.15) is 0 Å². The number of aliphatic hydroxyl groups is 1. The molecule has 1 aromatic rings. The summed E-state index contributed by atoms with van der Waals surface area (Å²) in [6, 6.07) is 5.01. The van der Waals surface area contributed by atoms with Crippen LogP contribution < -0.4 is 0 Å². The van der Waals surface area contributed by atoms with Gasteiger partial charge in [0.25, 0.3) is 0 Å². The quantitative estimate of drug-likeness (QED) is 0.878. The lowest BCUT2D eigenvalue weighted by atomic mass is 9.78. The lowest BCUT2D eigenvalue weighted by molar-refractivity contribution is -0.115. The highest BCUT2D eigenvalue weighted by Gasteiger charge is 2.47. The summed E-state index contributed by atoms with van der Waals surface area (Å²) in [6.07, 6.45) is 2.44. The monoisotopic (exact) mass is 288 g/mol. The van der Waals surface area contributed by atoms with Crippen LogP contribution >= 0.6 is 0 Å². The fourth-order valence-electron chi connectivity index (χ4n) is 3.44. The van der Waals surface area contributed by atoms with E-state index in [0.29, 0.717) is 43.6 Å². The van der Waals surface area contributed by atoms with Gasteiger partial charge in [0.15, 0.2) is 5.78 Å². The molecule has 4 heteroatoms. The molecule has 0 unspecified atom stereocenters. The largest absolute Gasteiger partial charge is 0.511 e. The molecule has 2 aliphatic rings. The van der Waals surface area contributed by atoms with Crippen LogP contribution in [0.4, 0.5) is 0 Å². The number of aliphatic hydroxyl groups excluding tert-OH is 1. The molecule has 1 aliphatic heterocycles. The van der Waals surface area contributed by atoms with Gasteiger partial charge in [0.1, 0.15) is 11.5 Å². The zero-order valence-electron chi connectivity index (χ0n) is 12.2. The van der Waals surface area contributed by atoms with Crippen LogP contribution in [0, 0.1) is 5.41 Å². The maximum absolute atomic E-state index is 12.5. The fourth-order valence-corrected chi connectivity index (χ4v) is 3.44. The predicted molar refractivity (Wildman–Crippen MR) is 79.1 cm³/mol. The summed E-state index contributed by atoms with van der Waals surface area (Å²) in [4.78, 5) is 12.5. The lowest BCUT2D eigenvalue weighted by Gasteiger charge is -2.32. The van der Waals surface area contributed by atoms with Gasteiger partial charge in [0.2, 0.25) is 0 Å². The van der Waals surface area contributed by atoms with E-state index in [1.165, 1.54) is 0 Å². The maximum Gasteiger partial charge on any atom is 0.167 e. The highest BCUT2D eigenvalue weighted by Crippen LogP contribution is 2.50. The third-order valence-corrected chi connectivity index (χ3v) is 4.71. The normalized spacial score (nSPS) is 21.3. The van der Waals surface area contributed by atoms with Gasteiger partial charge in [-0.15, -0.1) is 0 Å². The number of allylic oxidation sites excluding steroid dienone is 2. The average Bonchev–Trinajstić information content (AvgIpc) is 2.70. The molecule has 0 amide bonds. The summed E-state index contributed by atoms with van der Waals surface area (Å²) in [5.74, 6) is 0.272. The molecule has 21 heavy (non-hydrogen) atoms. The SMILES string of the molecule is CCc1ccc(O)cc1C1=C(O)C2(CCOCC2)CC1=O. The van der Waals surface area contributed by atoms with Crippen molar-refractivity contribution in [2.24, 2.45) is 5.41 Å². The molecular formula is C17H20O4. The minimum Gasteiger partial charge on any atom is -0.511 e. The van der Waals surface area contributed by atoms with E-state index in [-0.39, 0.29) is 17.3 Å². The molecule has 0 bridgehead atoms. The molecule has 0 saturated carbocycles. The van der Waals surface area contributed by atoms with Gasteiger partial charge in [-0.25, -0.2) is 0 Å². The Bertz CT molecular complexity index is 609. The fraction of sp³-hybridized carbons (Fsp3) is 0.471. The average molecular weight is 288 g/mol. The summed E-state index contributed by atoms with van der Waals surface area (Å²) in [6.45, 7) is 3.15. The van der Waals surface area contributed by atoms with E-state index in [9.17, 15) is 15.0 Å². The lowest BCUT2D eigenvalue weighted by Crippen LogP contribution is -2.29. The van der Waals surface area contributed by atoms with Crippen LogP contribution in [0.2, 0.25) is 0 Å². The number of rotatable bonds is 2. The number of phenols is 1. The van der Waals surface area contributed by atoms with Gasteiger partial charge >= 0.3 is 0 Å². The topological polar surface area (TPSA) is 66.8 Å². The van der Waals surface area contributed by atoms with E-state index in [4.69, 9.17) is 4.74 Å². The Labute approximate surface area is 124 Å². The molecule has 1 fully saturated rings. The number of ketones is 1. The summed E-state index contributed by atoms with van der Waals surface area (Å²) in [5.41, 5.74) is 1.57. The minimum absolute atomic E-state index is 0.0327. The smallest absolute Gasteiger partial charge is 0.167 e. The summed E-state index contributed by atoms with van der Waals surface area (Å²) in [5, 5.41) is 20.5. The van der Waals surface area contributed by atoms with Crippen molar-refractivity contribution >= 4 is 11.4 Å². The van der Waals surface area contributed by atoms with Crippen LogP contribution in [0.25, 0.3) is 5.57 Å². The highest BCUT2D eigenvalue weighted by atomic mass is 16.5. The Kier molecular flexibility index (Phi) is 3.49. The molecule has 0 aromatic heterocycles. The second-order valence-corrected chi connectivity index (χ2v) is 5.91.